The maximum absolute atomic E-state index is 11.4. The van der Waals surface area contributed by atoms with Gasteiger partial charge in [0.1, 0.15) is 0 Å². The average molecular weight is 228 g/mol. The van der Waals surface area contributed by atoms with Gasteiger partial charge in [0, 0.05) is 12.8 Å². The van der Waals surface area contributed by atoms with Crippen molar-refractivity contribution in [1.29, 1.82) is 0 Å². The molecule has 0 aliphatic heterocycles. The lowest BCUT2D eigenvalue weighted by molar-refractivity contribution is -0.189. The van der Waals surface area contributed by atoms with Gasteiger partial charge < -0.3 is 10.2 Å². The molecule has 2 N–H and O–H groups in total. The Bertz CT molecular complexity index is 234. The summed E-state index contributed by atoms with van der Waals surface area (Å²) in [5.74, 6) is -4.24. The van der Waals surface area contributed by atoms with Crippen LogP contribution in [-0.4, -0.2) is 27.6 Å². The van der Waals surface area contributed by atoms with Crippen LogP contribution in [0.4, 0.5) is 0 Å². The van der Waals surface area contributed by atoms with E-state index in [0.29, 0.717) is 12.8 Å². The summed E-state index contributed by atoms with van der Waals surface area (Å²) < 4.78 is 0. The quantitative estimate of drug-likeness (QED) is 0.484. The first-order chi connectivity index (χ1) is 7.55. The molecule has 92 valence electrons. The van der Waals surface area contributed by atoms with Crippen molar-refractivity contribution in [2.24, 2.45) is 0 Å². The van der Waals surface area contributed by atoms with Crippen molar-refractivity contribution in [3.8, 4) is 0 Å². The van der Waals surface area contributed by atoms with Gasteiger partial charge in [-0.05, 0) is 12.8 Å². The predicted molar refractivity (Wildman–Crippen MR) is 58.7 cm³/mol. The van der Waals surface area contributed by atoms with Crippen LogP contribution in [0.15, 0.2) is 0 Å². The van der Waals surface area contributed by atoms with Crippen LogP contribution in [0, 0.1) is 0 Å². The zero-order valence-corrected chi connectivity index (χ0v) is 9.57. The van der Waals surface area contributed by atoms with Crippen molar-refractivity contribution < 1.29 is 19.8 Å². The number of carbonyl (C=O) groups is 2. The summed E-state index contributed by atoms with van der Waals surface area (Å²) in [7, 11) is 0. The van der Waals surface area contributed by atoms with Crippen molar-refractivity contribution in [2.45, 2.75) is 63.6 Å². The monoisotopic (exact) mass is 228 g/mol. The first-order valence-corrected chi connectivity index (χ1v) is 6.06. The fraction of sp³-hybridized carbons (Fsp3) is 0.833. The molecule has 0 aromatic rings. The molecule has 0 spiro atoms. The van der Waals surface area contributed by atoms with Gasteiger partial charge in [0.25, 0.3) is 5.79 Å². The molecule has 1 aliphatic rings. The molecule has 0 bridgehead atoms. The molecule has 4 nitrogen and oxygen atoms in total. The maximum Gasteiger partial charge on any atom is 0.285 e. The summed E-state index contributed by atoms with van der Waals surface area (Å²) >= 11 is 0. The van der Waals surface area contributed by atoms with Crippen LogP contribution in [-0.2, 0) is 9.59 Å². The van der Waals surface area contributed by atoms with E-state index in [2.05, 4.69) is 0 Å². The standard InChI is InChI=1S/C12H20O4/c13-10-8-6-4-2-1-3-5-7-9-11(14)12(10,15)16/h15-16H,1-9H2. The lowest BCUT2D eigenvalue weighted by Gasteiger charge is -2.19. The van der Waals surface area contributed by atoms with Gasteiger partial charge in [-0.15, -0.1) is 0 Å². The van der Waals surface area contributed by atoms with Crippen LogP contribution >= 0.6 is 0 Å². The Labute approximate surface area is 95.7 Å². The topological polar surface area (TPSA) is 74.6 Å². The summed E-state index contributed by atoms with van der Waals surface area (Å²) in [4.78, 5) is 22.9. The number of Topliss-reactive ketones (excluding diaryl/α,β-unsaturated/α-hetero) is 2. The van der Waals surface area contributed by atoms with Crippen LogP contribution < -0.4 is 0 Å². The molecule has 1 aliphatic carbocycles. The molecule has 1 rings (SSSR count). The number of hydrogen-bond acceptors (Lipinski definition) is 4. The molecule has 0 aromatic carbocycles. The molecule has 0 atom stereocenters. The first kappa shape index (κ1) is 13.3. The number of ketones is 2. The minimum Gasteiger partial charge on any atom is -0.354 e. The lowest BCUT2D eigenvalue weighted by atomic mass is 9.95. The second-order valence-electron chi connectivity index (χ2n) is 4.49. The molecule has 0 saturated heterocycles. The Hall–Kier alpha value is -0.740. The van der Waals surface area contributed by atoms with Crippen LogP contribution in [0.1, 0.15) is 57.8 Å². The van der Waals surface area contributed by atoms with Gasteiger partial charge in [0.15, 0.2) is 11.6 Å². The van der Waals surface area contributed by atoms with E-state index in [4.69, 9.17) is 0 Å². The highest BCUT2D eigenvalue weighted by molar-refractivity contribution is 6.07. The fourth-order valence-electron chi connectivity index (χ4n) is 1.96. The summed E-state index contributed by atoms with van der Waals surface area (Å²) in [6.07, 6.45) is 6.54. The van der Waals surface area contributed by atoms with E-state index in [9.17, 15) is 19.8 Å². The third kappa shape index (κ3) is 3.68. The third-order valence-corrected chi connectivity index (χ3v) is 3.09. The van der Waals surface area contributed by atoms with E-state index >= 15 is 0 Å². The summed E-state index contributed by atoms with van der Waals surface area (Å²) in [5.41, 5.74) is 0. The number of carbonyl (C=O) groups excluding carboxylic acids is 2. The summed E-state index contributed by atoms with van der Waals surface area (Å²) in [5, 5.41) is 18.9. The highest BCUT2D eigenvalue weighted by Crippen LogP contribution is 2.17. The van der Waals surface area contributed by atoms with Crippen LogP contribution in [0.25, 0.3) is 0 Å². The van der Waals surface area contributed by atoms with E-state index in [1.54, 1.807) is 0 Å². The number of hydrogen-bond donors (Lipinski definition) is 2. The fourth-order valence-corrected chi connectivity index (χ4v) is 1.96. The van der Waals surface area contributed by atoms with E-state index in [0.717, 1.165) is 32.1 Å². The van der Waals surface area contributed by atoms with Gasteiger partial charge in [0.2, 0.25) is 0 Å². The Kier molecular flexibility index (Phi) is 5.09. The molecule has 0 aromatic heterocycles. The largest absolute Gasteiger partial charge is 0.354 e. The van der Waals surface area contributed by atoms with Crippen molar-refractivity contribution in [3.05, 3.63) is 0 Å². The minimum atomic E-state index is -2.74. The molecule has 0 amide bonds. The summed E-state index contributed by atoms with van der Waals surface area (Å²) in [6.45, 7) is 0. The zero-order chi connectivity index (χ0) is 12.0. The Morgan fingerprint density at radius 2 is 1.00 bits per heavy atom. The van der Waals surface area contributed by atoms with E-state index in [1.165, 1.54) is 0 Å². The Balaban J connectivity index is 2.60. The van der Waals surface area contributed by atoms with E-state index < -0.39 is 17.4 Å². The van der Waals surface area contributed by atoms with Crippen LogP contribution in [0.5, 0.6) is 0 Å². The number of aliphatic hydroxyl groups is 2. The molecule has 16 heavy (non-hydrogen) atoms. The van der Waals surface area contributed by atoms with Crippen molar-refractivity contribution in [3.63, 3.8) is 0 Å². The van der Waals surface area contributed by atoms with Crippen molar-refractivity contribution >= 4 is 11.6 Å². The molecular formula is C12H20O4. The van der Waals surface area contributed by atoms with Crippen LogP contribution in [0.3, 0.4) is 0 Å². The molecule has 0 heterocycles. The number of rotatable bonds is 0. The molecule has 1 fully saturated rings. The normalized spacial score (nSPS) is 24.6. The zero-order valence-electron chi connectivity index (χ0n) is 9.57. The van der Waals surface area contributed by atoms with Gasteiger partial charge >= 0.3 is 0 Å². The highest BCUT2D eigenvalue weighted by Gasteiger charge is 2.39. The van der Waals surface area contributed by atoms with Gasteiger partial charge in [-0.25, -0.2) is 0 Å². The lowest BCUT2D eigenvalue weighted by Crippen LogP contribution is -2.46. The molecule has 0 unspecified atom stereocenters. The third-order valence-electron chi connectivity index (χ3n) is 3.09. The van der Waals surface area contributed by atoms with Gasteiger partial charge in [-0.2, -0.15) is 0 Å². The minimum absolute atomic E-state index is 0.0821. The molecule has 0 radical (unpaired) electrons. The highest BCUT2D eigenvalue weighted by atomic mass is 16.5. The Morgan fingerprint density at radius 3 is 1.38 bits per heavy atom. The van der Waals surface area contributed by atoms with E-state index in [1.807, 2.05) is 0 Å². The second-order valence-corrected chi connectivity index (χ2v) is 4.49. The van der Waals surface area contributed by atoms with Gasteiger partial charge in [-0.1, -0.05) is 32.1 Å². The van der Waals surface area contributed by atoms with Crippen LogP contribution in [0.2, 0.25) is 0 Å². The first-order valence-electron chi connectivity index (χ1n) is 6.06. The summed E-state index contributed by atoms with van der Waals surface area (Å²) in [6, 6.07) is 0. The molecule has 4 heteroatoms. The Morgan fingerprint density at radius 1 is 0.688 bits per heavy atom. The van der Waals surface area contributed by atoms with E-state index in [-0.39, 0.29) is 12.8 Å². The van der Waals surface area contributed by atoms with Crippen molar-refractivity contribution in [2.75, 3.05) is 0 Å². The SMILES string of the molecule is O=C1CCCCCCCCCC(=O)C1(O)O. The maximum atomic E-state index is 11.4. The van der Waals surface area contributed by atoms with Crippen molar-refractivity contribution in [1.82, 2.24) is 0 Å². The second kappa shape index (κ2) is 6.11. The average Bonchev–Trinajstić information content (AvgIpc) is 2.24. The van der Waals surface area contributed by atoms with Gasteiger partial charge in [-0.3, -0.25) is 9.59 Å². The van der Waals surface area contributed by atoms with Gasteiger partial charge in [0.05, 0.1) is 0 Å². The smallest absolute Gasteiger partial charge is 0.285 e. The molecular weight excluding hydrogens is 208 g/mol. The predicted octanol–water partition coefficient (Wildman–Crippen LogP) is 1.33. The molecule has 1 saturated carbocycles.